The zero-order chi connectivity index (χ0) is 12.5. The summed E-state index contributed by atoms with van der Waals surface area (Å²) in [7, 11) is 0. The lowest BCUT2D eigenvalue weighted by atomic mass is 10.2. The quantitative estimate of drug-likeness (QED) is 0.643. The Morgan fingerprint density at radius 1 is 0.882 bits per heavy atom. The number of rotatable bonds is 3. The van der Waals surface area contributed by atoms with Crippen molar-refractivity contribution in [3.63, 3.8) is 0 Å². The van der Waals surface area contributed by atoms with Crippen LogP contribution in [0, 0.1) is 30.3 Å². The van der Waals surface area contributed by atoms with E-state index in [1.165, 1.54) is 0 Å². The van der Waals surface area contributed by atoms with Gasteiger partial charge >= 0.3 is 17.1 Å². The van der Waals surface area contributed by atoms with Crippen LogP contribution in [0.1, 0.15) is 0 Å². The number of benzene rings is 1. The number of phenols is 1. The van der Waals surface area contributed by atoms with E-state index in [-0.39, 0.29) is 12.4 Å². The van der Waals surface area contributed by atoms with Crippen molar-refractivity contribution in [2.24, 2.45) is 0 Å². The van der Waals surface area contributed by atoms with Crippen LogP contribution in [-0.4, -0.2) is 19.9 Å². The minimum absolute atomic E-state index is 0. The molecule has 1 rings (SSSR count). The molecule has 17 heavy (non-hydrogen) atoms. The zero-order valence-electron chi connectivity index (χ0n) is 7.80. The van der Waals surface area contributed by atoms with Crippen molar-refractivity contribution in [2.45, 2.75) is 0 Å². The molecule has 0 spiro atoms. The summed E-state index contributed by atoms with van der Waals surface area (Å²) in [6.45, 7) is 0. The number of aromatic hydroxyl groups is 1. The van der Waals surface area contributed by atoms with Crippen LogP contribution in [0.3, 0.4) is 0 Å². The number of nitrogens with zero attached hydrogens (tertiary/aromatic N) is 3. The van der Waals surface area contributed by atoms with Crippen molar-refractivity contribution >= 4 is 29.5 Å². The number of hydrogen-bond donors (Lipinski definition) is 1. The van der Waals surface area contributed by atoms with E-state index in [4.69, 9.17) is 5.11 Å². The highest BCUT2D eigenvalue weighted by Gasteiger charge is 2.38. The van der Waals surface area contributed by atoms with E-state index in [1.54, 1.807) is 0 Å². The zero-order valence-corrected chi connectivity index (χ0v) is 8.62. The third-order valence-corrected chi connectivity index (χ3v) is 1.67. The van der Waals surface area contributed by atoms with E-state index < -0.39 is 37.6 Å². The third-order valence-electron chi connectivity index (χ3n) is 1.67. The number of nitro benzene ring substituents is 3. The SMILES string of the molecule is Cl.O=[N+]([O-])c1ccc(O)c([N+](=O)[O-])c1[N+](=O)[O-]. The van der Waals surface area contributed by atoms with Gasteiger partial charge in [-0.1, -0.05) is 0 Å². The van der Waals surface area contributed by atoms with E-state index >= 15 is 0 Å². The maximum absolute atomic E-state index is 10.5. The van der Waals surface area contributed by atoms with Gasteiger partial charge in [-0.15, -0.1) is 12.4 Å². The minimum atomic E-state index is -1.34. The van der Waals surface area contributed by atoms with Crippen LogP contribution in [0.2, 0.25) is 0 Å². The first-order chi connectivity index (χ1) is 7.36. The van der Waals surface area contributed by atoms with E-state index in [9.17, 15) is 30.3 Å². The summed E-state index contributed by atoms with van der Waals surface area (Å²) >= 11 is 0. The van der Waals surface area contributed by atoms with Gasteiger partial charge in [0.1, 0.15) is 0 Å². The number of nitro groups is 3. The molecule has 0 aliphatic carbocycles. The molecule has 11 heteroatoms. The predicted molar refractivity (Wildman–Crippen MR) is 55.3 cm³/mol. The lowest BCUT2D eigenvalue weighted by Crippen LogP contribution is -2.01. The lowest BCUT2D eigenvalue weighted by molar-refractivity contribution is -0.441. The molecule has 0 radical (unpaired) electrons. The molecule has 0 saturated carbocycles. The standard InChI is InChI=1S/C6H3N3O7.ClH/c10-4-2-1-3(7(11)12)5(8(13)14)6(4)9(15)16;/h1-2,10H;1H. The Bertz CT molecular complexity index is 503. The molecule has 0 bridgehead atoms. The van der Waals surface area contributed by atoms with Crippen LogP contribution < -0.4 is 0 Å². The highest BCUT2D eigenvalue weighted by molar-refractivity contribution is 5.85. The van der Waals surface area contributed by atoms with Crippen LogP contribution in [0.5, 0.6) is 5.75 Å². The van der Waals surface area contributed by atoms with Gasteiger partial charge in [-0.25, -0.2) is 0 Å². The van der Waals surface area contributed by atoms with Crippen molar-refractivity contribution in [1.29, 1.82) is 0 Å². The molecule has 1 aromatic carbocycles. The van der Waals surface area contributed by atoms with Crippen LogP contribution in [0.15, 0.2) is 12.1 Å². The number of hydrogen-bond acceptors (Lipinski definition) is 7. The van der Waals surface area contributed by atoms with Crippen molar-refractivity contribution in [1.82, 2.24) is 0 Å². The summed E-state index contributed by atoms with van der Waals surface area (Å²) in [4.78, 5) is 27.7. The Hall–Kier alpha value is -2.49. The Labute approximate surface area is 98.3 Å². The van der Waals surface area contributed by atoms with Gasteiger partial charge < -0.3 is 5.11 Å². The van der Waals surface area contributed by atoms with Crippen LogP contribution in [0.25, 0.3) is 0 Å². The summed E-state index contributed by atoms with van der Waals surface area (Å²) in [6, 6.07) is 1.28. The van der Waals surface area contributed by atoms with Gasteiger partial charge in [-0.05, 0) is 6.07 Å². The summed E-state index contributed by atoms with van der Waals surface area (Å²) in [5.41, 5.74) is -3.68. The summed E-state index contributed by atoms with van der Waals surface area (Å²) < 4.78 is 0. The Kier molecular flexibility index (Phi) is 4.29. The van der Waals surface area contributed by atoms with Crippen molar-refractivity contribution < 1.29 is 19.9 Å². The molecule has 0 aromatic heterocycles. The van der Waals surface area contributed by atoms with Gasteiger partial charge in [0.15, 0.2) is 0 Å². The first-order valence-corrected chi connectivity index (χ1v) is 3.65. The van der Waals surface area contributed by atoms with E-state index in [0.717, 1.165) is 0 Å². The average molecular weight is 266 g/mol. The van der Waals surface area contributed by atoms with Crippen LogP contribution in [-0.2, 0) is 0 Å². The summed E-state index contributed by atoms with van der Waals surface area (Å²) in [5.74, 6) is -0.998. The average Bonchev–Trinajstić information content (AvgIpc) is 2.15. The molecule has 0 amide bonds. The molecular weight excluding hydrogens is 262 g/mol. The molecule has 0 fully saturated rings. The molecule has 0 unspecified atom stereocenters. The van der Waals surface area contributed by atoms with Crippen LogP contribution in [0.4, 0.5) is 17.1 Å². The minimum Gasteiger partial charge on any atom is -0.502 e. The lowest BCUT2D eigenvalue weighted by Gasteiger charge is -1.98. The molecule has 1 N–H and O–H groups in total. The Morgan fingerprint density at radius 2 is 1.35 bits per heavy atom. The van der Waals surface area contributed by atoms with E-state index in [1.807, 2.05) is 0 Å². The van der Waals surface area contributed by atoms with Gasteiger partial charge in [-0.3, -0.25) is 30.3 Å². The van der Waals surface area contributed by atoms with Gasteiger partial charge in [0.2, 0.25) is 5.75 Å². The monoisotopic (exact) mass is 265 g/mol. The van der Waals surface area contributed by atoms with Gasteiger partial charge in [0, 0.05) is 6.07 Å². The predicted octanol–water partition coefficient (Wildman–Crippen LogP) is 1.54. The maximum Gasteiger partial charge on any atom is 0.426 e. The highest BCUT2D eigenvalue weighted by Crippen LogP contribution is 2.41. The van der Waals surface area contributed by atoms with Crippen LogP contribution >= 0.6 is 12.4 Å². The second-order valence-corrected chi connectivity index (χ2v) is 2.57. The smallest absolute Gasteiger partial charge is 0.426 e. The third kappa shape index (κ3) is 2.55. The first-order valence-electron chi connectivity index (χ1n) is 3.65. The molecule has 0 atom stereocenters. The first kappa shape index (κ1) is 14.5. The summed E-state index contributed by atoms with van der Waals surface area (Å²) in [6.07, 6.45) is 0. The Morgan fingerprint density at radius 3 is 1.71 bits per heavy atom. The van der Waals surface area contributed by atoms with E-state index in [2.05, 4.69) is 0 Å². The summed E-state index contributed by atoms with van der Waals surface area (Å²) in [5, 5.41) is 40.4. The number of halogens is 1. The topological polar surface area (TPSA) is 150 Å². The fourth-order valence-corrected chi connectivity index (χ4v) is 1.07. The second kappa shape index (κ2) is 5.03. The fourth-order valence-electron chi connectivity index (χ4n) is 1.07. The van der Waals surface area contributed by atoms with Crippen molar-refractivity contribution in [3.8, 4) is 5.75 Å². The maximum atomic E-state index is 10.5. The molecule has 10 nitrogen and oxygen atoms in total. The molecule has 0 aliphatic rings. The van der Waals surface area contributed by atoms with Gasteiger partial charge in [0.05, 0.1) is 14.8 Å². The molecule has 0 aliphatic heterocycles. The second-order valence-electron chi connectivity index (χ2n) is 2.57. The Balaban J connectivity index is 0.00000256. The molecule has 0 saturated heterocycles. The molecule has 0 heterocycles. The number of phenolic OH excluding ortho intramolecular Hbond substituents is 1. The fraction of sp³-hybridized carbons (Fsp3) is 0. The normalized spacial score (nSPS) is 9.18. The van der Waals surface area contributed by atoms with Gasteiger partial charge in [0.25, 0.3) is 0 Å². The molecular formula is C6H4ClN3O7. The largest absolute Gasteiger partial charge is 0.502 e. The molecule has 92 valence electrons. The van der Waals surface area contributed by atoms with Crippen molar-refractivity contribution in [2.75, 3.05) is 0 Å². The van der Waals surface area contributed by atoms with Crippen molar-refractivity contribution in [3.05, 3.63) is 42.5 Å². The van der Waals surface area contributed by atoms with Gasteiger partial charge in [-0.2, -0.15) is 0 Å². The molecule has 1 aromatic rings. The highest BCUT2D eigenvalue weighted by atomic mass is 35.5. The van der Waals surface area contributed by atoms with E-state index in [0.29, 0.717) is 12.1 Å².